The molecule has 1 rings (SSSR count). The van der Waals surface area contributed by atoms with Gasteiger partial charge in [0.1, 0.15) is 0 Å². The number of alkyl halides is 12. The van der Waals surface area contributed by atoms with E-state index in [4.69, 9.17) is 22.2 Å². The second-order valence-electron chi connectivity index (χ2n) is 6.28. The first-order chi connectivity index (χ1) is 11.7. The molecule has 0 N–H and O–H groups in total. The van der Waals surface area contributed by atoms with Crippen molar-refractivity contribution in [3.63, 3.8) is 0 Å². The molecule has 0 aromatic rings. The predicted molar refractivity (Wildman–Crippen MR) is 78.5 cm³/mol. The highest BCUT2D eigenvalue weighted by Crippen LogP contribution is 2.67. The van der Waals surface area contributed by atoms with Gasteiger partial charge in [-0.2, -0.15) is 52.7 Å². The van der Waals surface area contributed by atoms with E-state index in [1.54, 1.807) is 0 Å². The molecule has 0 spiro atoms. The van der Waals surface area contributed by atoms with E-state index < -0.39 is 51.2 Å². The van der Waals surface area contributed by atoms with E-state index in [1.807, 2.05) is 13.1 Å². The average molecular weight is 519 g/mol. The van der Waals surface area contributed by atoms with E-state index in [0.717, 1.165) is 0 Å². The minimum Gasteiger partial charge on any atom is -0.370 e. The maximum absolute atomic E-state index is 12.9. The van der Waals surface area contributed by atoms with Crippen LogP contribution in [-0.4, -0.2) is 51.2 Å². The molecule has 0 unspecified atom stereocenters. The fraction of sp³-hybridized carbons (Fsp3) is 1.00. The summed E-state index contributed by atoms with van der Waals surface area (Å²) in [6.45, 7) is 2.46. The first-order valence-electron chi connectivity index (χ1n) is 6.71. The Hall–Kier alpha value is 0.0938. The highest BCUT2D eigenvalue weighted by atomic mass is 35.7. The predicted octanol–water partition coefficient (Wildman–Crippen LogP) is 6.63. The van der Waals surface area contributed by atoms with Crippen molar-refractivity contribution >= 4 is 37.4 Å². The van der Waals surface area contributed by atoms with Gasteiger partial charge in [-0.3, -0.25) is 0 Å². The Kier molecular flexibility index (Phi) is 7.38. The number of hydrogen-bond donors (Lipinski definition) is 0. The van der Waals surface area contributed by atoms with Crippen molar-refractivity contribution in [3.8, 4) is 0 Å². The molecule has 1 saturated heterocycles. The van der Waals surface area contributed by atoms with Crippen LogP contribution in [0.25, 0.3) is 0 Å². The molecule has 0 radical (unpaired) electrons. The van der Waals surface area contributed by atoms with Crippen molar-refractivity contribution in [1.82, 2.24) is 0 Å². The van der Waals surface area contributed by atoms with Crippen LogP contribution in [-0.2, 0) is 8.85 Å². The second kappa shape index (κ2) is 7.35. The van der Waals surface area contributed by atoms with Gasteiger partial charge in [-0.25, -0.2) is 0 Å². The molecule has 0 atom stereocenters. The van der Waals surface area contributed by atoms with Crippen LogP contribution in [0.4, 0.5) is 52.7 Å². The fourth-order valence-corrected chi connectivity index (χ4v) is 4.52. The molecule has 0 aromatic carbocycles. The zero-order valence-electron chi connectivity index (χ0n) is 14.1. The Balaban J connectivity index is 0.00000129. The van der Waals surface area contributed by atoms with Gasteiger partial charge >= 0.3 is 33.3 Å². The highest BCUT2D eigenvalue weighted by molar-refractivity contribution is 7.44. The van der Waals surface area contributed by atoms with Crippen molar-refractivity contribution in [3.05, 3.63) is 0 Å². The third-order valence-corrected chi connectivity index (χ3v) is 4.49. The number of halogens is 14. The Morgan fingerprint density at radius 1 is 0.607 bits per heavy atom. The lowest BCUT2D eigenvalue weighted by Crippen LogP contribution is -2.79. The Morgan fingerprint density at radius 2 is 0.750 bits per heavy atom. The van der Waals surface area contributed by atoms with Crippen LogP contribution in [0.5, 0.6) is 0 Å². The van der Waals surface area contributed by atoms with Crippen LogP contribution in [0.15, 0.2) is 0 Å². The van der Waals surface area contributed by atoms with E-state index in [9.17, 15) is 52.7 Å². The quantitative estimate of drug-likeness (QED) is 0.203. The normalized spacial score (nSPS) is 22.5. The SMILES string of the molecule is C[Si](C)(Cl)Cl.C[Si]1(C)OC(C(F)(F)F)(C(F)(F)F)C(C(F)(F)F)(C(F)(F)F)O1. The van der Waals surface area contributed by atoms with E-state index in [-0.39, 0.29) is 13.1 Å². The van der Waals surface area contributed by atoms with Crippen molar-refractivity contribution in [1.29, 1.82) is 0 Å². The van der Waals surface area contributed by atoms with Gasteiger partial charge in [0.15, 0.2) is 0 Å². The van der Waals surface area contributed by atoms with Crippen LogP contribution >= 0.6 is 22.2 Å². The molecule has 18 heteroatoms. The standard InChI is InChI=1S/C8H6F12O2Si.C2H6Cl2Si/c1-23(2)21-3(5(9,10)11,6(12,13)14)4(22-23,7(15,16)17)8(18,19)20;1-5(2,3)4/h1-2H3;1-2H3. The Morgan fingerprint density at radius 3 is 0.857 bits per heavy atom. The zero-order valence-corrected chi connectivity index (χ0v) is 17.6. The molecule has 2 nitrogen and oxygen atoms in total. The topological polar surface area (TPSA) is 18.5 Å². The Labute approximate surface area is 161 Å². The minimum atomic E-state index is -7.11. The molecule has 0 aromatic heterocycles. The highest BCUT2D eigenvalue weighted by Gasteiger charge is 2.99. The van der Waals surface area contributed by atoms with Gasteiger partial charge in [0.2, 0.25) is 6.69 Å². The maximum atomic E-state index is 12.9. The third kappa shape index (κ3) is 5.04. The maximum Gasteiger partial charge on any atom is 0.429 e. The van der Waals surface area contributed by atoms with E-state index in [1.165, 1.54) is 0 Å². The molecule has 1 aliphatic heterocycles. The van der Waals surface area contributed by atoms with Crippen LogP contribution in [0.2, 0.25) is 26.2 Å². The van der Waals surface area contributed by atoms with E-state index in [2.05, 4.69) is 8.85 Å². The van der Waals surface area contributed by atoms with Gasteiger partial charge in [0.25, 0.3) is 11.2 Å². The van der Waals surface area contributed by atoms with Crippen molar-refractivity contribution in [2.75, 3.05) is 0 Å². The lowest BCUT2D eigenvalue weighted by Gasteiger charge is -2.45. The molecule has 1 heterocycles. The van der Waals surface area contributed by atoms with Crippen LogP contribution in [0.3, 0.4) is 0 Å². The van der Waals surface area contributed by atoms with Crippen LogP contribution < -0.4 is 0 Å². The monoisotopic (exact) mass is 518 g/mol. The van der Waals surface area contributed by atoms with Gasteiger partial charge in [0.05, 0.1) is 0 Å². The first kappa shape index (κ1) is 28.1. The Bertz CT molecular complexity index is 485. The molecule has 0 bridgehead atoms. The van der Waals surface area contributed by atoms with Crippen molar-refractivity contribution in [2.24, 2.45) is 0 Å². The van der Waals surface area contributed by atoms with Crippen molar-refractivity contribution in [2.45, 2.75) is 62.1 Å². The second-order valence-corrected chi connectivity index (χ2v) is 18.4. The summed E-state index contributed by atoms with van der Waals surface area (Å²) >= 11 is 10.9. The summed E-state index contributed by atoms with van der Waals surface area (Å²) < 4.78 is 162. The fourth-order valence-electron chi connectivity index (χ4n) is 2.25. The summed E-state index contributed by atoms with van der Waals surface area (Å²) in [6.07, 6.45) is -28.5. The summed E-state index contributed by atoms with van der Waals surface area (Å²) in [6, 6.07) is 0. The van der Waals surface area contributed by atoms with E-state index >= 15 is 0 Å². The summed E-state index contributed by atoms with van der Waals surface area (Å²) in [5, 5.41) is 0. The molecular formula is C10H12Cl2F12O2Si2. The summed E-state index contributed by atoms with van der Waals surface area (Å²) in [7, 11) is -5.13. The van der Waals surface area contributed by atoms with Gasteiger partial charge in [0, 0.05) is 0 Å². The number of hydrogen-bond acceptors (Lipinski definition) is 2. The minimum absolute atomic E-state index is 0.207. The average Bonchev–Trinajstić information content (AvgIpc) is 2.54. The number of rotatable bonds is 0. The largest absolute Gasteiger partial charge is 0.429 e. The molecular weight excluding hydrogens is 507 g/mol. The molecule has 1 fully saturated rings. The molecule has 28 heavy (non-hydrogen) atoms. The van der Waals surface area contributed by atoms with Gasteiger partial charge in [-0.1, -0.05) is 0 Å². The lowest BCUT2D eigenvalue weighted by molar-refractivity contribution is -0.464. The summed E-state index contributed by atoms with van der Waals surface area (Å²) in [5.41, 5.74) is -13.3. The first-order valence-corrected chi connectivity index (χ1v) is 14.6. The van der Waals surface area contributed by atoms with Crippen LogP contribution in [0, 0.1) is 0 Å². The summed E-state index contributed by atoms with van der Waals surface area (Å²) in [5.74, 6) is 0. The molecule has 0 amide bonds. The van der Waals surface area contributed by atoms with Gasteiger partial charge in [-0.15, -0.1) is 22.2 Å². The van der Waals surface area contributed by atoms with Crippen molar-refractivity contribution < 1.29 is 61.5 Å². The zero-order chi connectivity index (χ0) is 23.4. The van der Waals surface area contributed by atoms with E-state index in [0.29, 0.717) is 0 Å². The van der Waals surface area contributed by atoms with Gasteiger partial charge in [-0.05, 0) is 26.2 Å². The molecule has 0 aliphatic carbocycles. The smallest absolute Gasteiger partial charge is 0.370 e. The molecule has 0 saturated carbocycles. The molecule has 170 valence electrons. The van der Waals surface area contributed by atoms with Gasteiger partial charge < -0.3 is 8.85 Å². The van der Waals surface area contributed by atoms with Crippen LogP contribution in [0.1, 0.15) is 0 Å². The molecule has 1 aliphatic rings. The third-order valence-electron chi connectivity index (χ3n) is 2.89. The lowest BCUT2D eigenvalue weighted by atomic mass is 9.79. The summed E-state index contributed by atoms with van der Waals surface area (Å²) in [4.78, 5) is 0.